The molecule has 1 amide bonds. The minimum atomic E-state index is -0.555. The molecule has 3 aromatic rings. The van der Waals surface area contributed by atoms with Gasteiger partial charge in [-0.1, -0.05) is 38.0 Å². The zero-order valence-electron chi connectivity index (χ0n) is 22.8. The summed E-state index contributed by atoms with van der Waals surface area (Å²) >= 11 is 0. The van der Waals surface area contributed by atoms with Crippen LogP contribution in [0.3, 0.4) is 0 Å². The fraction of sp³-hybridized carbons (Fsp3) is 0.484. The third kappa shape index (κ3) is 5.63. The number of alkyl carbamates (subject to hydrolysis) is 1. The molecule has 202 valence electrons. The van der Waals surface area contributed by atoms with Crippen LogP contribution in [0.4, 0.5) is 4.79 Å². The van der Waals surface area contributed by atoms with E-state index in [4.69, 9.17) is 4.74 Å². The van der Waals surface area contributed by atoms with Crippen molar-refractivity contribution in [2.45, 2.75) is 83.4 Å². The summed E-state index contributed by atoms with van der Waals surface area (Å²) in [5.41, 5.74) is 6.85. The van der Waals surface area contributed by atoms with Crippen LogP contribution in [-0.4, -0.2) is 43.7 Å². The number of imidazole rings is 1. The highest BCUT2D eigenvalue weighted by Crippen LogP contribution is 2.39. The average molecular weight is 516 g/mol. The van der Waals surface area contributed by atoms with Crippen LogP contribution in [0.1, 0.15) is 78.7 Å². The Morgan fingerprint density at radius 1 is 1.13 bits per heavy atom. The second kappa shape index (κ2) is 11.0. The number of para-hydroxylation sites is 2. The number of carbonyl (C=O) groups excluding carboxylic acids is 1. The number of carbonyl (C=O) groups is 1. The lowest BCUT2D eigenvalue weighted by Gasteiger charge is -2.38. The van der Waals surface area contributed by atoms with Crippen molar-refractivity contribution in [3.8, 4) is 5.82 Å². The number of aromatic nitrogens is 3. The molecular weight excluding hydrogens is 474 g/mol. The zero-order valence-corrected chi connectivity index (χ0v) is 22.8. The smallest absolute Gasteiger partial charge is 0.408 e. The van der Waals surface area contributed by atoms with Gasteiger partial charge in [-0.25, -0.2) is 14.8 Å². The van der Waals surface area contributed by atoms with Crippen molar-refractivity contribution >= 4 is 17.1 Å². The van der Waals surface area contributed by atoms with E-state index in [9.17, 15) is 4.79 Å². The summed E-state index contributed by atoms with van der Waals surface area (Å²) in [4.78, 5) is 24.6. The van der Waals surface area contributed by atoms with Gasteiger partial charge in [0.2, 0.25) is 0 Å². The highest BCUT2D eigenvalue weighted by molar-refractivity contribution is 5.76. The Morgan fingerprint density at radius 3 is 2.68 bits per heavy atom. The SMILES string of the molecule is C=C=C([C@@H](NC(=O)OC(C)(C)C)C1CCCCC1)N1CCC[C@H]1c1ccnc(-n2cnc3ccccc32)c1.[HH]. The highest BCUT2D eigenvalue weighted by atomic mass is 16.6. The first-order chi connectivity index (χ1) is 18.3. The number of fused-ring (bicyclic) bond motifs is 1. The lowest BCUT2D eigenvalue weighted by molar-refractivity contribution is 0.0477. The fourth-order valence-electron chi connectivity index (χ4n) is 6.02. The number of rotatable bonds is 6. The molecule has 1 aromatic carbocycles. The first-order valence-corrected chi connectivity index (χ1v) is 13.9. The molecule has 7 heteroatoms. The Kier molecular flexibility index (Phi) is 7.57. The molecule has 2 atom stereocenters. The number of amides is 1. The first-order valence-electron chi connectivity index (χ1n) is 13.9. The molecule has 38 heavy (non-hydrogen) atoms. The predicted octanol–water partition coefficient (Wildman–Crippen LogP) is 6.95. The van der Waals surface area contributed by atoms with Crippen LogP contribution in [-0.2, 0) is 4.74 Å². The molecule has 1 saturated carbocycles. The van der Waals surface area contributed by atoms with Crippen LogP contribution in [0.15, 0.2) is 66.9 Å². The van der Waals surface area contributed by atoms with E-state index < -0.39 is 5.60 Å². The molecule has 0 unspecified atom stereocenters. The number of pyridine rings is 1. The summed E-state index contributed by atoms with van der Waals surface area (Å²) in [6.07, 6.45) is 11.2. The van der Waals surface area contributed by atoms with Crippen LogP contribution in [0.25, 0.3) is 16.9 Å². The molecule has 0 spiro atoms. The van der Waals surface area contributed by atoms with E-state index >= 15 is 0 Å². The maximum absolute atomic E-state index is 13.0. The van der Waals surface area contributed by atoms with Crippen LogP contribution >= 0.6 is 0 Å². The average Bonchev–Trinajstić information content (AvgIpc) is 3.56. The molecule has 0 radical (unpaired) electrons. The largest absolute Gasteiger partial charge is 0.444 e. The van der Waals surface area contributed by atoms with Crippen LogP contribution in [0, 0.1) is 5.92 Å². The number of nitrogens with one attached hydrogen (secondary N) is 1. The van der Waals surface area contributed by atoms with Gasteiger partial charge in [-0.15, -0.1) is 5.73 Å². The molecule has 2 aliphatic rings. The Labute approximate surface area is 227 Å². The topological polar surface area (TPSA) is 72.3 Å². The maximum Gasteiger partial charge on any atom is 0.408 e. The second-order valence-corrected chi connectivity index (χ2v) is 11.5. The third-order valence-corrected chi connectivity index (χ3v) is 7.69. The molecule has 1 saturated heterocycles. The van der Waals surface area contributed by atoms with Crippen molar-refractivity contribution in [2.24, 2.45) is 5.92 Å². The first kappa shape index (κ1) is 26.1. The predicted molar refractivity (Wildman–Crippen MR) is 152 cm³/mol. The third-order valence-electron chi connectivity index (χ3n) is 7.69. The zero-order chi connectivity index (χ0) is 26.7. The van der Waals surface area contributed by atoms with Crippen molar-refractivity contribution < 1.29 is 11.0 Å². The number of hydrogen-bond acceptors (Lipinski definition) is 5. The van der Waals surface area contributed by atoms with Crippen molar-refractivity contribution in [3.63, 3.8) is 0 Å². The molecule has 7 nitrogen and oxygen atoms in total. The van der Waals surface area contributed by atoms with E-state index in [0.717, 1.165) is 54.8 Å². The Morgan fingerprint density at radius 2 is 1.92 bits per heavy atom. The molecule has 2 fully saturated rings. The summed E-state index contributed by atoms with van der Waals surface area (Å²) in [5, 5.41) is 3.23. The van der Waals surface area contributed by atoms with Gasteiger partial charge in [0.05, 0.1) is 28.8 Å². The van der Waals surface area contributed by atoms with Crippen molar-refractivity contribution in [1.29, 1.82) is 0 Å². The van der Waals surface area contributed by atoms with Crippen molar-refractivity contribution in [2.75, 3.05) is 6.54 Å². The molecule has 1 aliphatic heterocycles. The monoisotopic (exact) mass is 515 g/mol. The van der Waals surface area contributed by atoms with Gasteiger partial charge in [0, 0.05) is 14.2 Å². The number of benzene rings is 1. The van der Waals surface area contributed by atoms with Gasteiger partial charge < -0.3 is 15.0 Å². The Bertz CT molecular complexity index is 1330. The van der Waals surface area contributed by atoms with E-state index in [1.165, 1.54) is 24.8 Å². The normalized spacial score (nSPS) is 19.2. The van der Waals surface area contributed by atoms with Gasteiger partial charge >= 0.3 is 6.09 Å². The minimum Gasteiger partial charge on any atom is -0.444 e. The summed E-state index contributed by atoms with van der Waals surface area (Å²) < 4.78 is 7.71. The Hall–Kier alpha value is -3.57. The summed E-state index contributed by atoms with van der Waals surface area (Å²) in [6.45, 7) is 10.7. The number of likely N-dealkylation sites (tertiary alicyclic amines) is 1. The molecular formula is C31H41N5O2. The minimum absolute atomic E-state index is 0. The van der Waals surface area contributed by atoms with E-state index in [1.54, 1.807) is 0 Å². The lowest BCUT2D eigenvalue weighted by Crippen LogP contribution is -2.48. The highest BCUT2D eigenvalue weighted by Gasteiger charge is 2.37. The summed E-state index contributed by atoms with van der Waals surface area (Å²) in [7, 11) is 0. The molecule has 3 heterocycles. The van der Waals surface area contributed by atoms with Gasteiger partial charge in [0.15, 0.2) is 0 Å². The van der Waals surface area contributed by atoms with Crippen LogP contribution in [0.2, 0.25) is 0 Å². The molecule has 0 bridgehead atoms. The van der Waals surface area contributed by atoms with E-state index in [2.05, 4.69) is 50.7 Å². The van der Waals surface area contributed by atoms with Gasteiger partial charge in [-0.05, 0) is 82.2 Å². The van der Waals surface area contributed by atoms with Crippen molar-refractivity contribution in [3.05, 3.63) is 72.5 Å². The van der Waals surface area contributed by atoms with Gasteiger partial charge in [-0.3, -0.25) is 4.57 Å². The number of ether oxygens (including phenoxy) is 1. The van der Waals surface area contributed by atoms with Crippen LogP contribution in [0.5, 0.6) is 0 Å². The van der Waals surface area contributed by atoms with Gasteiger partial charge in [0.1, 0.15) is 17.7 Å². The van der Waals surface area contributed by atoms with Gasteiger partial charge in [-0.2, -0.15) is 0 Å². The van der Waals surface area contributed by atoms with Gasteiger partial charge in [0.25, 0.3) is 0 Å². The molecule has 5 rings (SSSR count). The van der Waals surface area contributed by atoms with E-state index in [1.807, 2.05) is 56.1 Å². The number of nitrogens with zero attached hydrogens (tertiary/aromatic N) is 4. The van der Waals surface area contributed by atoms with Crippen LogP contribution < -0.4 is 5.32 Å². The second-order valence-electron chi connectivity index (χ2n) is 11.5. The van der Waals surface area contributed by atoms with Crippen molar-refractivity contribution in [1.82, 2.24) is 24.8 Å². The molecule has 2 aromatic heterocycles. The standard InChI is InChI=1S/C31H39N5O2.H2/c1-5-25(29(22-12-7-6-8-13-22)34-30(37)38-31(2,3)4)35-19-11-16-26(35)23-17-18-32-28(20-23)36-21-33-24-14-9-10-15-27(24)36;/h9-10,14-15,17-18,20-22,26,29H,1,6-8,11-13,16,19H2,2-4H3,(H,34,37);1H/t26-,29-;/m0./s1. The number of hydrogen-bond donors (Lipinski definition) is 1. The Balaban J connectivity index is 0.00000353. The fourth-order valence-corrected chi connectivity index (χ4v) is 6.02. The van der Waals surface area contributed by atoms with E-state index in [0.29, 0.717) is 5.92 Å². The summed E-state index contributed by atoms with van der Waals surface area (Å²) in [5.74, 6) is 1.19. The molecule has 1 N–H and O–H groups in total. The summed E-state index contributed by atoms with van der Waals surface area (Å²) in [6, 6.07) is 12.3. The maximum atomic E-state index is 13.0. The lowest BCUT2D eigenvalue weighted by atomic mass is 9.82. The molecule has 1 aliphatic carbocycles. The quantitative estimate of drug-likeness (QED) is 0.360. The van der Waals surface area contributed by atoms with E-state index in [-0.39, 0.29) is 19.6 Å².